The van der Waals surface area contributed by atoms with Crippen molar-refractivity contribution in [3.63, 3.8) is 0 Å². The van der Waals surface area contributed by atoms with Crippen LogP contribution in [0.3, 0.4) is 0 Å². The van der Waals surface area contributed by atoms with Crippen molar-refractivity contribution in [1.29, 1.82) is 0 Å². The van der Waals surface area contributed by atoms with Gasteiger partial charge < -0.3 is 5.32 Å². The van der Waals surface area contributed by atoms with Gasteiger partial charge in [0.1, 0.15) is 4.83 Å². The Labute approximate surface area is 190 Å². The van der Waals surface area contributed by atoms with Gasteiger partial charge in [0, 0.05) is 35.2 Å². The van der Waals surface area contributed by atoms with Crippen LogP contribution >= 0.6 is 22.9 Å². The molecule has 32 heavy (non-hydrogen) atoms. The quantitative estimate of drug-likeness (QED) is 0.541. The van der Waals surface area contributed by atoms with Crippen LogP contribution in [0.15, 0.2) is 24.3 Å². The van der Waals surface area contributed by atoms with E-state index in [4.69, 9.17) is 11.6 Å². The number of nitrogens with one attached hydrogen (secondary N) is 1. The summed E-state index contributed by atoms with van der Waals surface area (Å²) in [5, 5.41) is 4.40. The van der Waals surface area contributed by atoms with Gasteiger partial charge in [0.15, 0.2) is 0 Å². The number of carbonyl (C=O) groups excluding carboxylic acids is 2. The SMILES string of the molecule is O=C1CCC(=O)N1Cc1nc2sc3c(c2c(-c2ccc(C(F)(F)F)cc2)c1Cl)CCNC3. The Morgan fingerprint density at radius 1 is 1.09 bits per heavy atom. The van der Waals surface area contributed by atoms with Crippen LogP contribution in [0.25, 0.3) is 21.3 Å². The van der Waals surface area contributed by atoms with Crippen LogP contribution in [-0.2, 0) is 35.3 Å². The summed E-state index contributed by atoms with van der Waals surface area (Å²) in [5.41, 5.74) is 1.85. The molecule has 2 aliphatic heterocycles. The van der Waals surface area contributed by atoms with E-state index in [-0.39, 0.29) is 36.2 Å². The minimum absolute atomic E-state index is 0.0547. The van der Waals surface area contributed by atoms with Gasteiger partial charge in [-0.3, -0.25) is 14.5 Å². The maximum Gasteiger partial charge on any atom is 0.416 e. The van der Waals surface area contributed by atoms with Crippen LogP contribution in [0.1, 0.15) is 34.5 Å². The molecule has 2 amide bonds. The number of rotatable bonds is 3. The summed E-state index contributed by atoms with van der Waals surface area (Å²) >= 11 is 8.28. The van der Waals surface area contributed by atoms with E-state index in [0.717, 1.165) is 45.8 Å². The summed E-state index contributed by atoms with van der Waals surface area (Å²) in [7, 11) is 0. The molecule has 1 aromatic carbocycles. The Balaban J connectivity index is 1.70. The first-order valence-corrected chi connectivity index (χ1v) is 11.3. The summed E-state index contributed by atoms with van der Waals surface area (Å²) in [4.78, 5) is 31.9. The molecule has 0 bridgehead atoms. The third-order valence-corrected chi connectivity index (χ3v) is 7.37. The molecule has 4 heterocycles. The summed E-state index contributed by atoms with van der Waals surface area (Å²) in [6.45, 7) is 1.40. The summed E-state index contributed by atoms with van der Waals surface area (Å²) in [6, 6.07) is 4.88. The van der Waals surface area contributed by atoms with E-state index in [9.17, 15) is 22.8 Å². The molecule has 3 aromatic rings. The fourth-order valence-corrected chi connectivity index (χ4v) is 5.76. The van der Waals surface area contributed by atoms with E-state index in [1.807, 2.05) is 0 Å². The second-order valence-electron chi connectivity index (χ2n) is 7.81. The van der Waals surface area contributed by atoms with Crippen LogP contribution in [0, 0.1) is 0 Å². The van der Waals surface area contributed by atoms with Crippen molar-refractivity contribution in [2.24, 2.45) is 0 Å². The van der Waals surface area contributed by atoms with Gasteiger partial charge in [-0.05, 0) is 36.2 Å². The van der Waals surface area contributed by atoms with E-state index < -0.39 is 11.7 Å². The Morgan fingerprint density at radius 2 is 1.78 bits per heavy atom. The highest BCUT2D eigenvalue weighted by Crippen LogP contribution is 2.44. The monoisotopic (exact) mass is 479 g/mol. The van der Waals surface area contributed by atoms with Gasteiger partial charge in [0.2, 0.25) is 11.8 Å². The number of benzene rings is 1. The molecule has 2 aromatic heterocycles. The van der Waals surface area contributed by atoms with Gasteiger partial charge in [-0.15, -0.1) is 11.3 Å². The zero-order valence-corrected chi connectivity index (χ0v) is 18.3. The number of thiophene rings is 1. The van der Waals surface area contributed by atoms with Crippen LogP contribution in [0.2, 0.25) is 5.02 Å². The highest BCUT2D eigenvalue weighted by Gasteiger charge is 2.32. The van der Waals surface area contributed by atoms with Crippen molar-refractivity contribution in [3.8, 4) is 11.1 Å². The molecular formula is C22H17ClF3N3O2S. The zero-order valence-electron chi connectivity index (χ0n) is 16.7. The second-order valence-corrected chi connectivity index (χ2v) is 9.27. The predicted octanol–water partition coefficient (Wildman–Crippen LogP) is 4.93. The normalized spacial score (nSPS) is 16.8. The standard InChI is InChI=1S/C22H17ClF3N3O2S/c23-20-14(10-29-16(30)5-6-17(29)31)28-21-19(13-7-8-27-9-15(13)32-21)18(20)11-1-3-12(4-2-11)22(24,25)26/h1-4,27H,5-10H2. The maximum atomic E-state index is 13.1. The lowest BCUT2D eigenvalue weighted by Crippen LogP contribution is -2.29. The molecule has 0 unspecified atom stereocenters. The van der Waals surface area contributed by atoms with Crippen LogP contribution in [0.5, 0.6) is 0 Å². The largest absolute Gasteiger partial charge is 0.416 e. The number of hydrogen-bond acceptors (Lipinski definition) is 5. The smallest absolute Gasteiger partial charge is 0.312 e. The molecule has 0 spiro atoms. The minimum atomic E-state index is -4.44. The molecule has 1 N–H and O–H groups in total. The average Bonchev–Trinajstić information content (AvgIpc) is 3.28. The second kappa shape index (κ2) is 7.83. The molecule has 5 rings (SSSR count). The molecule has 5 nitrogen and oxygen atoms in total. The first kappa shape index (κ1) is 21.4. The number of carbonyl (C=O) groups is 2. The molecule has 166 valence electrons. The molecule has 0 atom stereocenters. The Hall–Kier alpha value is -2.49. The number of aromatic nitrogens is 1. The number of amides is 2. The highest BCUT2D eigenvalue weighted by molar-refractivity contribution is 7.19. The maximum absolute atomic E-state index is 13.1. The zero-order chi connectivity index (χ0) is 22.6. The Morgan fingerprint density at radius 3 is 2.44 bits per heavy atom. The van der Waals surface area contributed by atoms with Crippen molar-refractivity contribution in [1.82, 2.24) is 15.2 Å². The number of halogens is 4. The molecule has 0 saturated carbocycles. The van der Waals surface area contributed by atoms with Crippen molar-refractivity contribution >= 4 is 45.0 Å². The molecule has 1 saturated heterocycles. The lowest BCUT2D eigenvalue weighted by molar-refractivity contribution is -0.139. The number of fused-ring (bicyclic) bond motifs is 3. The molecular weight excluding hydrogens is 463 g/mol. The van der Waals surface area contributed by atoms with Crippen molar-refractivity contribution < 1.29 is 22.8 Å². The highest BCUT2D eigenvalue weighted by atomic mass is 35.5. The third kappa shape index (κ3) is 3.58. The predicted molar refractivity (Wildman–Crippen MR) is 115 cm³/mol. The number of likely N-dealkylation sites (tertiary alicyclic amines) is 1. The van der Waals surface area contributed by atoms with E-state index >= 15 is 0 Å². The van der Waals surface area contributed by atoms with Gasteiger partial charge in [0.25, 0.3) is 0 Å². The molecule has 2 aliphatic rings. The summed E-state index contributed by atoms with van der Waals surface area (Å²) in [6.07, 6.45) is -3.37. The topological polar surface area (TPSA) is 62.3 Å². The molecule has 0 radical (unpaired) electrons. The lowest BCUT2D eigenvalue weighted by Gasteiger charge is -2.18. The number of nitrogens with zero attached hydrogens (tertiary/aromatic N) is 2. The van der Waals surface area contributed by atoms with Gasteiger partial charge >= 0.3 is 6.18 Å². The van der Waals surface area contributed by atoms with E-state index in [0.29, 0.717) is 28.2 Å². The number of alkyl halides is 3. The van der Waals surface area contributed by atoms with Crippen LogP contribution in [0.4, 0.5) is 13.2 Å². The first-order valence-electron chi connectivity index (χ1n) is 10.1. The number of hydrogen-bond donors (Lipinski definition) is 1. The summed E-state index contributed by atoms with van der Waals surface area (Å²) in [5.74, 6) is -0.558. The van der Waals surface area contributed by atoms with Crippen molar-refractivity contribution in [2.45, 2.75) is 38.5 Å². The van der Waals surface area contributed by atoms with Crippen LogP contribution in [-0.4, -0.2) is 28.2 Å². The molecule has 0 aliphatic carbocycles. The van der Waals surface area contributed by atoms with Gasteiger partial charge in [-0.1, -0.05) is 23.7 Å². The van der Waals surface area contributed by atoms with E-state index in [1.54, 1.807) is 0 Å². The lowest BCUT2D eigenvalue weighted by atomic mass is 9.96. The van der Waals surface area contributed by atoms with E-state index in [2.05, 4.69) is 10.3 Å². The molecule has 1 fully saturated rings. The average molecular weight is 480 g/mol. The molecule has 10 heteroatoms. The Bertz CT molecular complexity index is 1240. The third-order valence-electron chi connectivity index (χ3n) is 5.83. The minimum Gasteiger partial charge on any atom is -0.312 e. The summed E-state index contributed by atoms with van der Waals surface area (Å²) < 4.78 is 39.3. The van der Waals surface area contributed by atoms with Crippen molar-refractivity contribution in [3.05, 3.63) is 51.0 Å². The van der Waals surface area contributed by atoms with Crippen LogP contribution < -0.4 is 5.32 Å². The first-order chi connectivity index (χ1) is 15.2. The number of imide groups is 1. The van der Waals surface area contributed by atoms with E-state index in [1.165, 1.54) is 23.5 Å². The van der Waals surface area contributed by atoms with Gasteiger partial charge in [0.05, 0.1) is 22.8 Å². The van der Waals surface area contributed by atoms with Gasteiger partial charge in [-0.2, -0.15) is 13.2 Å². The van der Waals surface area contributed by atoms with Gasteiger partial charge in [-0.25, -0.2) is 4.98 Å². The Kier molecular flexibility index (Phi) is 5.22. The fraction of sp³-hybridized carbons (Fsp3) is 0.318. The van der Waals surface area contributed by atoms with Crippen molar-refractivity contribution in [2.75, 3.05) is 6.54 Å². The number of pyridine rings is 1. The fourth-order valence-electron chi connectivity index (χ4n) is 4.23.